The third-order valence-corrected chi connectivity index (χ3v) is 2.95. The molecule has 1 aliphatic carbocycles. The van der Waals surface area contributed by atoms with Gasteiger partial charge in [0.2, 0.25) is 0 Å². The zero-order valence-electron chi connectivity index (χ0n) is 8.83. The summed E-state index contributed by atoms with van der Waals surface area (Å²) in [5.74, 6) is 0.183. The maximum absolute atomic E-state index is 11.4. The first-order valence-electron chi connectivity index (χ1n) is 4.96. The molecule has 2 rings (SSSR count). The molecule has 1 aromatic carbocycles. The van der Waals surface area contributed by atoms with Crippen molar-refractivity contribution in [1.82, 2.24) is 0 Å². The van der Waals surface area contributed by atoms with Crippen molar-refractivity contribution in [2.75, 3.05) is 12.8 Å². The smallest absolute Gasteiger partial charge is 0.340 e. The highest BCUT2D eigenvalue weighted by Crippen LogP contribution is 2.35. The Labute approximate surface area is 102 Å². The van der Waals surface area contributed by atoms with E-state index < -0.39 is 5.97 Å². The predicted octanol–water partition coefficient (Wildman–Crippen LogP) is 2.36. The Morgan fingerprint density at radius 1 is 1.50 bits per heavy atom. The molecule has 0 aliphatic heterocycles. The van der Waals surface area contributed by atoms with Crippen molar-refractivity contribution in [1.29, 1.82) is 0 Å². The van der Waals surface area contributed by atoms with E-state index in [9.17, 15) is 4.79 Å². The summed E-state index contributed by atoms with van der Waals surface area (Å²) in [5, 5.41) is 0. The van der Waals surface area contributed by atoms with Crippen LogP contribution in [0.5, 0.6) is 5.75 Å². The van der Waals surface area contributed by atoms with Gasteiger partial charge in [-0.15, -0.1) is 0 Å². The normalized spacial score (nSPS) is 14.6. The summed E-state index contributed by atoms with van der Waals surface area (Å²) >= 11 is 3.35. The molecule has 1 fully saturated rings. The largest absolute Gasteiger partial charge is 0.489 e. The monoisotopic (exact) mass is 285 g/mol. The fourth-order valence-electron chi connectivity index (χ4n) is 1.31. The van der Waals surface area contributed by atoms with E-state index in [0.717, 1.165) is 17.3 Å². The number of ether oxygens (including phenoxy) is 2. The van der Waals surface area contributed by atoms with Crippen LogP contribution >= 0.6 is 15.9 Å². The second-order valence-electron chi connectivity index (χ2n) is 3.68. The van der Waals surface area contributed by atoms with Crippen molar-refractivity contribution < 1.29 is 14.3 Å². The van der Waals surface area contributed by atoms with Gasteiger partial charge in [-0.05, 0) is 40.9 Å². The second-order valence-corrected chi connectivity index (χ2v) is 4.53. The molecule has 1 saturated carbocycles. The van der Waals surface area contributed by atoms with E-state index in [0.29, 0.717) is 17.0 Å². The number of hydrogen-bond donors (Lipinski definition) is 1. The minimum atomic E-state index is -0.453. The summed E-state index contributed by atoms with van der Waals surface area (Å²) in [6, 6.07) is 3.27. The molecule has 0 bridgehead atoms. The Balaban J connectivity index is 2.33. The van der Waals surface area contributed by atoms with Crippen molar-refractivity contribution in [2.45, 2.75) is 18.9 Å². The lowest BCUT2D eigenvalue weighted by molar-refractivity contribution is 0.0601. The van der Waals surface area contributed by atoms with Crippen molar-refractivity contribution in [3.63, 3.8) is 0 Å². The molecule has 16 heavy (non-hydrogen) atoms. The minimum absolute atomic E-state index is 0.269. The van der Waals surface area contributed by atoms with Crippen LogP contribution < -0.4 is 10.5 Å². The number of halogens is 1. The third kappa shape index (κ3) is 2.29. The number of carbonyl (C=O) groups is 1. The van der Waals surface area contributed by atoms with E-state index >= 15 is 0 Å². The standard InChI is InChI=1S/C11H12BrNO3/c1-15-11(14)7-4-10(16-6-2-3-6)8(12)5-9(7)13/h4-6H,2-3,13H2,1H3. The Hall–Kier alpha value is -1.23. The van der Waals surface area contributed by atoms with Crippen molar-refractivity contribution in [3.8, 4) is 5.75 Å². The lowest BCUT2D eigenvalue weighted by Crippen LogP contribution is -2.07. The number of rotatable bonds is 3. The summed E-state index contributed by atoms with van der Waals surface area (Å²) in [7, 11) is 1.32. The molecule has 1 aliphatic rings. The van der Waals surface area contributed by atoms with E-state index in [1.807, 2.05) is 0 Å². The maximum Gasteiger partial charge on any atom is 0.340 e. The van der Waals surface area contributed by atoms with Crippen LogP contribution in [-0.4, -0.2) is 19.2 Å². The van der Waals surface area contributed by atoms with E-state index in [4.69, 9.17) is 10.5 Å². The van der Waals surface area contributed by atoms with Crippen LogP contribution in [-0.2, 0) is 4.74 Å². The van der Waals surface area contributed by atoms with Gasteiger partial charge in [0.25, 0.3) is 0 Å². The Morgan fingerprint density at radius 2 is 2.19 bits per heavy atom. The summed E-state index contributed by atoms with van der Waals surface area (Å²) in [4.78, 5) is 11.4. The molecule has 0 radical (unpaired) electrons. The highest BCUT2D eigenvalue weighted by atomic mass is 79.9. The molecule has 0 amide bonds. The van der Waals surface area contributed by atoms with E-state index in [-0.39, 0.29) is 6.10 Å². The average Bonchev–Trinajstić information content (AvgIpc) is 3.05. The van der Waals surface area contributed by atoms with Crippen LogP contribution in [0.4, 0.5) is 5.69 Å². The number of nitrogens with two attached hydrogens (primary N) is 1. The van der Waals surface area contributed by atoms with Gasteiger partial charge in [-0.1, -0.05) is 0 Å². The molecule has 1 aromatic rings. The Morgan fingerprint density at radius 3 is 2.75 bits per heavy atom. The minimum Gasteiger partial charge on any atom is -0.489 e. The van der Waals surface area contributed by atoms with Crippen LogP contribution in [0.15, 0.2) is 16.6 Å². The topological polar surface area (TPSA) is 61.5 Å². The first-order valence-corrected chi connectivity index (χ1v) is 5.75. The highest BCUT2D eigenvalue weighted by Gasteiger charge is 2.25. The van der Waals surface area contributed by atoms with Crippen LogP contribution in [0.1, 0.15) is 23.2 Å². The Kier molecular flexibility index (Phi) is 3.05. The first-order chi connectivity index (χ1) is 7.61. The molecule has 0 atom stereocenters. The van der Waals surface area contributed by atoms with Gasteiger partial charge >= 0.3 is 5.97 Å². The summed E-state index contributed by atoms with van der Waals surface area (Å²) < 4.78 is 11.0. The van der Waals surface area contributed by atoms with Gasteiger partial charge in [0, 0.05) is 5.69 Å². The van der Waals surface area contributed by atoms with Gasteiger partial charge in [-0.2, -0.15) is 0 Å². The van der Waals surface area contributed by atoms with E-state index in [1.54, 1.807) is 12.1 Å². The van der Waals surface area contributed by atoms with Gasteiger partial charge in [-0.3, -0.25) is 0 Å². The molecular formula is C11H12BrNO3. The Bertz CT molecular complexity index is 429. The second kappa shape index (κ2) is 4.33. The molecule has 0 heterocycles. The van der Waals surface area contributed by atoms with E-state index in [2.05, 4.69) is 20.7 Å². The van der Waals surface area contributed by atoms with Crippen LogP contribution in [0.2, 0.25) is 0 Å². The first kappa shape index (κ1) is 11.3. The summed E-state index contributed by atoms with van der Waals surface area (Å²) in [6.45, 7) is 0. The van der Waals surface area contributed by atoms with Crippen molar-refractivity contribution >= 4 is 27.6 Å². The molecule has 0 spiro atoms. The zero-order valence-corrected chi connectivity index (χ0v) is 10.4. The lowest BCUT2D eigenvalue weighted by atomic mass is 10.2. The SMILES string of the molecule is COC(=O)c1cc(OC2CC2)c(Br)cc1N. The maximum atomic E-state index is 11.4. The van der Waals surface area contributed by atoms with Crippen LogP contribution in [0, 0.1) is 0 Å². The number of methoxy groups -OCH3 is 1. The van der Waals surface area contributed by atoms with E-state index in [1.165, 1.54) is 7.11 Å². The third-order valence-electron chi connectivity index (χ3n) is 2.33. The predicted molar refractivity (Wildman–Crippen MR) is 63.5 cm³/mol. The number of hydrogen-bond acceptors (Lipinski definition) is 4. The van der Waals surface area contributed by atoms with Gasteiger partial charge in [0.05, 0.1) is 23.2 Å². The fraction of sp³-hybridized carbons (Fsp3) is 0.364. The number of carbonyl (C=O) groups excluding carboxylic acids is 1. The van der Waals surface area contributed by atoms with Gasteiger partial charge in [-0.25, -0.2) is 4.79 Å². The zero-order chi connectivity index (χ0) is 11.7. The van der Waals surface area contributed by atoms with Crippen molar-refractivity contribution in [2.24, 2.45) is 0 Å². The highest BCUT2D eigenvalue weighted by molar-refractivity contribution is 9.10. The molecule has 2 N–H and O–H groups in total. The summed E-state index contributed by atoms with van der Waals surface area (Å²) in [6.07, 6.45) is 2.39. The van der Waals surface area contributed by atoms with Gasteiger partial charge < -0.3 is 15.2 Å². The number of anilines is 1. The number of benzene rings is 1. The molecule has 0 aromatic heterocycles. The van der Waals surface area contributed by atoms with Gasteiger partial charge in [0.1, 0.15) is 5.75 Å². The average molecular weight is 286 g/mol. The number of esters is 1. The van der Waals surface area contributed by atoms with Crippen molar-refractivity contribution in [3.05, 3.63) is 22.2 Å². The number of nitrogen functional groups attached to an aromatic ring is 1. The quantitative estimate of drug-likeness (QED) is 0.684. The molecule has 5 heteroatoms. The fourth-order valence-corrected chi connectivity index (χ4v) is 1.77. The molecule has 86 valence electrons. The molecule has 0 unspecified atom stereocenters. The van der Waals surface area contributed by atoms with Crippen LogP contribution in [0.3, 0.4) is 0 Å². The lowest BCUT2D eigenvalue weighted by Gasteiger charge is -2.10. The molecular weight excluding hydrogens is 274 g/mol. The molecule has 4 nitrogen and oxygen atoms in total. The van der Waals surface area contributed by atoms with Crippen LogP contribution in [0.25, 0.3) is 0 Å². The van der Waals surface area contributed by atoms with Gasteiger partial charge in [0.15, 0.2) is 0 Å². The molecule has 0 saturated heterocycles. The summed E-state index contributed by atoms with van der Waals surface area (Å²) in [5.41, 5.74) is 6.44.